The lowest BCUT2D eigenvalue weighted by molar-refractivity contribution is 0.332. The number of hydrogen-bond acceptors (Lipinski definition) is 3. The van der Waals surface area contributed by atoms with Gasteiger partial charge in [-0.05, 0) is 155 Å². The highest BCUT2D eigenvalue weighted by Crippen LogP contribution is 2.53. The van der Waals surface area contributed by atoms with Gasteiger partial charge >= 0.3 is 0 Å². The smallest absolute Gasteiger partial charge is 0.264 e. The molecule has 0 radical (unpaired) electrons. The van der Waals surface area contributed by atoms with Gasteiger partial charge in [0.05, 0.1) is 5.69 Å². The van der Waals surface area contributed by atoms with Crippen LogP contribution in [0.5, 0.6) is 0 Å². The first kappa shape index (κ1) is 43.1. The maximum absolute atomic E-state index is 2.72. The molecule has 10 rings (SSSR count). The van der Waals surface area contributed by atoms with Crippen LogP contribution in [0.4, 0.5) is 34.1 Å². The van der Waals surface area contributed by atoms with Crippen LogP contribution in [0.3, 0.4) is 0 Å². The maximum Gasteiger partial charge on any atom is 0.264 e. The molecule has 3 aliphatic rings. The monoisotopic (exact) mass is 861 g/mol. The van der Waals surface area contributed by atoms with Crippen LogP contribution in [0.25, 0.3) is 20.9 Å². The molecule has 3 heterocycles. The molecule has 7 aromatic rings. The van der Waals surface area contributed by atoms with Crippen LogP contribution in [0.1, 0.15) is 157 Å². The number of thiophene rings is 1. The Morgan fingerprint density at radius 2 is 1.02 bits per heavy atom. The third kappa shape index (κ3) is 6.78. The minimum absolute atomic E-state index is 0.0106. The fourth-order valence-corrected chi connectivity index (χ4v) is 12.3. The zero-order valence-corrected chi connectivity index (χ0v) is 42.4. The fraction of sp³-hybridized carbons (Fsp3) is 0.400. The Labute approximate surface area is 389 Å². The van der Waals surface area contributed by atoms with Gasteiger partial charge in [-0.15, -0.1) is 11.3 Å². The van der Waals surface area contributed by atoms with Crippen molar-refractivity contribution >= 4 is 88.7 Å². The van der Waals surface area contributed by atoms with E-state index in [0.717, 1.165) is 0 Å². The van der Waals surface area contributed by atoms with Gasteiger partial charge in [-0.2, -0.15) is 0 Å². The van der Waals surface area contributed by atoms with Crippen molar-refractivity contribution < 1.29 is 0 Å². The highest BCUT2D eigenvalue weighted by Gasteiger charge is 2.47. The predicted octanol–water partition coefficient (Wildman–Crippen LogP) is 15.7. The minimum atomic E-state index is -0.0940. The molecule has 0 saturated heterocycles. The van der Waals surface area contributed by atoms with E-state index in [1.807, 2.05) is 11.3 Å². The minimum Gasteiger partial charge on any atom is -0.311 e. The van der Waals surface area contributed by atoms with Gasteiger partial charge in [-0.25, -0.2) is 0 Å². The van der Waals surface area contributed by atoms with Crippen LogP contribution in [0, 0.1) is 0 Å². The topological polar surface area (TPSA) is 6.48 Å². The zero-order valence-electron chi connectivity index (χ0n) is 41.6. The zero-order chi connectivity index (χ0) is 45.8. The Kier molecular flexibility index (Phi) is 9.34. The normalized spacial score (nSPS) is 16.8. The molecule has 0 unspecified atom stereocenters. The second kappa shape index (κ2) is 13.9. The van der Waals surface area contributed by atoms with Gasteiger partial charge < -0.3 is 9.80 Å². The van der Waals surface area contributed by atoms with Crippen molar-refractivity contribution in [2.24, 2.45) is 0 Å². The molecule has 2 nitrogen and oxygen atoms in total. The number of nitrogens with zero attached hydrogens (tertiary/aromatic N) is 2. The quantitative estimate of drug-likeness (QED) is 0.160. The van der Waals surface area contributed by atoms with Crippen LogP contribution >= 0.6 is 11.3 Å². The van der Waals surface area contributed by atoms with Crippen molar-refractivity contribution in [3.05, 3.63) is 137 Å². The molecule has 1 aromatic heterocycles. The summed E-state index contributed by atoms with van der Waals surface area (Å²) in [6.07, 6.45) is 2.38. The largest absolute Gasteiger partial charge is 0.311 e. The highest BCUT2D eigenvalue weighted by atomic mass is 32.1. The Hall–Kier alpha value is -4.80. The molecular formula is C60H69BN2S. The fourth-order valence-electron chi connectivity index (χ4n) is 11.0. The summed E-state index contributed by atoms with van der Waals surface area (Å²) in [4.78, 5) is 5.33. The van der Waals surface area contributed by atoms with Crippen LogP contribution in [0.15, 0.2) is 103 Å². The summed E-state index contributed by atoms with van der Waals surface area (Å²) < 4.78 is 2.79. The van der Waals surface area contributed by atoms with Gasteiger partial charge in [-0.3, -0.25) is 0 Å². The van der Waals surface area contributed by atoms with Crippen molar-refractivity contribution in [3.63, 3.8) is 0 Å². The Bertz CT molecular complexity index is 3040. The van der Waals surface area contributed by atoms with E-state index in [9.17, 15) is 0 Å². The van der Waals surface area contributed by atoms with E-state index in [1.165, 1.54) is 117 Å². The molecular weight excluding hydrogens is 792 g/mol. The Balaban J connectivity index is 1.35. The molecule has 0 N–H and O–H groups in total. The lowest BCUT2D eigenvalue weighted by atomic mass is 9.36. The molecule has 0 saturated carbocycles. The van der Waals surface area contributed by atoms with Crippen molar-refractivity contribution in [1.82, 2.24) is 0 Å². The number of rotatable bonds is 2. The summed E-state index contributed by atoms with van der Waals surface area (Å²) in [6.45, 7) is 38.0. The summed E-state index contributed by atoms with van der Waals surface area (Å²) in [5, 5.41) is 3.96. The molecule has 0 bridgehead atoms. The van der Waals surface area contributed by atoms with Crippen LogP contribution in [0.2, 0.25) is 0 Å². The molecule has 0 fully saturated rings. The molecule has 64 heavy (non-hydrogen) atoms. The van der Waals surface area contributed by atoms with Gasteiger partial charge in [0.25, 0.3) is 6.71 Å². The number of benzene rings is 6. The second-order valence-corrected chi connectivity index (χ2v) is 26.2. The van der Waals surface area contributed by atoms with E-state index in [2.05, 4.69) is 224 Å². The maximum atomic E-state index is 2.72. The molecule has 0 atom stereocenters. The Morgan fingerprint density at radius 3 is 1.64 bits per heavy atom. The summed E-state index contributed by atoms with van der Waals surface area (Å²) in [5.41, 5.74) is 19.1. The SMILES string of the molecule is CC(C)(C)c1ccc(N2c3ccc(C(C)(C)C)cc3B3c4sc5cc6ccc(C(C)(C)C)cc6cc5c4N(c4ccc5c(c4)C(C)(C)CCC5(C)C)c4cc(C(C)(C)C)cc2c43)cc1. The third-order valence-electron chi connectivity index (χ3n) is 15.3. The summed E-state index contributed by atoms with van der Waals surface area (Å²) >= 11 is 2.02. The third-order valence-corrected chi connectivity index (χ3v) is 16.5. The molecule has 4 heteroatoms. The molecule has 328 valence electrons. The number of hydrogen-bond donors (Lipinski definition) is 0. The number of anilines is 6. The lowest BCUT2D eigenvalue weighted by Gasteiger charge is -2.45. The van der Waals surface area contributed by atoms with Crippen LogP contribution in [-0.2, 0) is 32.5 Å². The summed E-state index contributed by atoms with van der Waals surface area (Å²) in [7, 11) is 0. The van der Waals surface area contributed by atoms with E-state index >= 15 is 0 Å². The van der Waals surface area contributed by atoms with Crippen molar-refractivity contribution in [3.8, 4) is 0 Å². The van der Waals surface area contributed by atoms with Crippen LogP contribution < -0.4 is 25.5 Å². The van der Waals surface area contributed by atoms with Gasteiger partial charge in [0.1, 0.15) is 0 Å². The first-order valence-corrected chi connectivity index (χ1v) is 24.7. The van der Waals surface area contributed by atoms with Crippen molar-refractivity contribution in [1.29, 1.82) is 0 Å². The summed E-state index contributed by atoms with van der Waals surface area (Å²) in [6, 6.07) is 41.7. The predicted molar refractivity (Wildman–Crippen MR) is 283 cm³/mol. The highest BCUT2D eigenvalue weighted by molar-refractivity contribution is 7.33. The lowest BCUT2D eigenvalue weighted by Crippen LogP contribution is -2.60. The molecule has 1 aliphatic carbocycles. The average Bonchev–Trinajstić information content (AvgIpc) is 3.57. The van der Waals surface area contributed by atoms with E-state index in [-0.39, 0.29) is 39.2 Å². The van der Waals surface area contributed by atoms with E-state index in [1.54, 1.807) is 0 Å². The summed E-state index contributed by atoms with van der Waals surface area (Å²) in [5.74, 6) is 0. The van der Waals surface area contributed by atoms with E-state index in [4.69, 9.17) is 0 Å². The van der Waals surface area contributed by atoms with Crippen molar-refractivity contribution in [2.45, 2.75) is 156 Å². The molecule has 0 amide bonds. The molecule has 2 aliphatic heterocycles. The van der Waals surface area contributed by atoms with Gasteiger partial charge in [-0.1, -0.05) is 159 Å². The first-order chi connectivity index (χ1) is 29.7. The van der Waals surface area contributed by atoms with Gasteiger partial charge in [0.2, 0.25) is 0 Å². The van der Waals surface area contributed by atoms with Crippen LogP contribution in [-0.4, -0.2) is 6.71 Å². The number of fused-ring (bicyclic) bond motifs is 8. The molecule has 0 spiro atoms. The van der Waals surface area contributed by atoms with E-state index < -0.39 is 0 Å². The average molecular weight is 861 g/mol. The van der Waals surface area contributed by atoms with Gasteiger partial charge in [0.15, 0.2) is 0 Å². The van der Waals surface area contributed by atoms with Gasteiger partial charge in [0, 0.05) is 43.3 Å². The Morgan fingerprint density at radius 1 is 0.469 bits per heavy atom. The van der Waals surface area contributed by atoms with Crippen molar-refractivity contribution in [2.75, 3.05) is 9.80 Å². The molecule has 6 aromatic carbocycles. The standard InChI is InChI=1S/C60H69BN2S/c1-55(2,3)38-19-22-42(23-20-38)62-48-26-21-40(57(7,8)9)32-47(48)61-52-49(62)33-41(58(10,11)12)34-50(52)63(43-24-25-45-46(35-43)60(15,16)28-27-59(45,13)14)53-44-30-37-29-39(56(4,5)6)18-17-36(37)31-51(44)64-54(53)61/h17-26,29-35H,27-28H2,1-16H3. The second-order valence-electron chi connectivity index (χ2n) is 25.1. The first-order valence-electron chi connectivity index (χ1n) is 23.9. The van der Waals surface area contributed by atoms with E-state index in [0.29, 0.717) is 0 Å².